The highest BCUT2D eigenvalue weighted by Crippen LogP contribution is 2.47. The highest BCUT2D eigenvalue weighted by Gasteiger charge is 2.47. The molecule has 3 atom stereocenters. The van der Waals surface area contributed by atoms with E-state index in [1.807, 2.05) is 41.3 Å². The first-order valence-electron chi connectivity index (χ1n) is 14.0. The third-order valence-corrected chi connectivity index (χ3v) is 7.92. The molecule has 1 amide bonds. The highest BCUT2D eigenvalue weighted by molar-refractivity contribution is 5.79. The molecule has 1 fully saturated rings. The van der Waals surface area contributed by atoms with Gasteiger partial charge in [0.15, 0.2) is 11.5 Å². The predicted molar refractivity (Wildman–Crippen MR) is 150 cm³/mol. The molecule has 0 saturated carbocycles. The Morgan fingerprint density at radius 2 is 1.90 bits per heavy atom. The lowest BCUT2D eigenvalue weighted by molar-refractivity contribution is -0.143. The maximum absolute atomic E-state index is 13.5. The van der Waals surface area contributed by atoms with Crippen molar-refractivity contribution in [2.45, 2.75) is 44.6 Å². The molecule has 4 rings (SSSR count). The van der Waals surface area contributed by atoms with Gasteiger partial charge in [-0.1, -0.05) is 31.5 Å². The number of carbonyl (C=O) groups is 2. The van der Waals surface area contributed by atoms with Crippen molar-refractivity contribution >= 4 is 11.9 Å². The lowest BCUT2D eigenvalue weighted by atomic mass is 9.83. The van der Waals surface area contributed by atoms with Gasteiger partial charge in [0.1, 0.15) is 5.75 Å². The number of para-hydroxylation sites is 1. The van der Waals surface area contributed by atoms with Crippen molar-refractivity contribution < 1.29 is 33.6 Å². The van der Waals surface area contributed by atoms with Crippen LogP contribution in [0.5, 0.6) is 23.0 Å². The predicted octanol–water partition coefficient (Wildman–Crippen LogP) is 3.12. The van der Waals surface area contributed by atoms with Crippen molar-refractivity contribution in [1.82, 2.24) is 9.80 Å². The fraction of sp³-hybridized carbons (Fsp3) is 0.533. The van der Waals surface area contributed by atoms with Gasteiger partial charge < -0.3 is 34.7 Å². The number of hydrogen-bond acceptors (Lipinski definition) is 8. The number of aryl methyl sites for hydroxylation is 1. The van der Waals surface area contributed by atoms with Crippen LogP contribution in [0, 0.1) is 5.92 Å². The third-order valence-electron chi connectivity index (χ3n) is 7.92. The third kappa shape index (κ3) is 6.45. The topological polar surface area (TPSA) is 124 Å². The van der Waals surface area contributed by atoms with Gasteiger partial charge in [0.05, 0.1) is 26.7 Å². The Morgan fingerprint density at radius 3 is 2.60 bits per heavy atom. The summed E-state index contributed by atoms with van der Waals surface area (Å²) < 4.78 is 22.3. The van der Waals surface area contributed by atoms with Crippen LogP contribution in [0.25, 0.3) is 0 Å². The first kappa shape index (κ1) is 29.5. The summed E-state index contributed by atoms with van der Waals surface area (Å²) in [6, 6.07) is 11.1. The van der Waals surface area contributed by atoms with Gasteiger partial charge in [-0.3, -0.25) is 14.5 Å². The van der Waals surface area contributed by atoms with Crippen LogP contribution >= 0.6 is 0 Å². The van der Waals surface area contributed by atoms with Gasteiger partial charge in [0.2, 0.25) is 18.4 Å². The van der Waals surface area contributed by atoms with E-state index in [2.05, 4.69) is 6.92 Å². The standard InChI is InChI=1S/C30H41N3O7/c1-4-5-13-32(14-12-31)27(34)18-33-17-22(21-15-25(38-3)29-26(16-21)39-19-40-29)28(30(35)36)23(33)11-10-20-8-6-7-9-24(20)37-2/h6-9,15-16,22-23,28H,4-5,10-14,17-19,31H2,1-3H3,(H,35,36)/t22-,23+,28-/m1/s1. The van der Waals surface area contributed by atoms with E-state index in [1.165, 1.54) is 0 Å². The van der Waals surface area contributed by atoms with Gasteiger partial charge >= 0.3 is 5.97 Å². The summed E-state index contributed by atoms with van der Waals surface area (Å²) in [7, 11) is 3.18. The number of hydrogen-bond donors (Lipinski definition) is 2. The SMILES string of the molecule is CCCCN(CCN)C(=O)CN1C[C@H](c2cc(OC)c3c(c2)OCO3)[C@@H](C(=O)O)[C@@H]1CCc1ccccc1OC. The summed E-state index contributed by atoms with van der Waals surface area (Å²) in [6.45, 7) is 4.19. The molecule has 3 N–H and O–H groups in total. The summed E-state index contributed by atoms with van der Waals surface area (Å²) in [5.74, 6) is 0.266. The smallest absolute Gasteiger partial charge is 0.308 e. The molecule has 2 heterocycles. The Morgan fingerprint density at radius 1 is 1.12 bits per heavy atom. The van der Waals surface area contributed by atoms with Crippen LogP contribution in [-0.4, -0.2) is 86.6 Å². The Bertz CT molecular complexity index is 1170. The van der Waals surface area contributed by atoms with Gasteiger partial charge in [-0.15, -0.1) is 0 Å². The van der Waals surface area contributed by atoms with Gasteiger partial charge in [-0.05, 0) is 48.6 Å². The number of ether oxygens (including phenoxy) is 4. The maximum atomic E-state index is 13.5. The molecule has 2 aliphatic rings. The fourth-order valence-corrected chi connectivity index (χ4v) is 5.91. The Labute approximate surface area is 235 Å². The van der Waals surface area contributed by atoms with Crippen LogP contribution in [0.15, 0.2) is 36.4 Å². The van der Waals surface area contributed by atoms with Crippen molar-refractivity contribution in [1.29, 1.82) is 0 Å². The molecule has 0 aliphatic carbocycles. The Balaban J connectivity index is 1.66. The molecule has 0 spiro atoms. The summed E-state index contributed by atoms with van der Waals surface area (Å²) in [4.78, 5) is 30.2. The number of methoxy groups -OCH3 is 2. The second kappa shape index (κ2) is 13.7. The molecule has 2 aliphatic heterocycles. The number of fused-ring (bicyclic) bond motifs is 1. The number of benzene rings is 2. The van der Waals surface area contributed by atoms with Crippen LogP contribution in [0.3, 0.4) is 0 Å². The van der Waals surface area contributed by atoms with Gasteiger partial charge in [-0.25, -0.2) is 0 Å². The molecule has 0 bridgehead atoms. The van der Waals surface area contributed by atoms with Crippen molar-refractivity contribution in [3.63, 3.8) is 0 Å². The minimum atomic E-state index is -0.897. The average molecular weight is 556 g/mol. The minimum absolute atomic E-state index is 0.0331. The normalized spacial score (nSPS) is 19.9. The summed E-state index contributed by atoms with van der Waals surface area (Å²) in [5.41, 5.74) is 7.60. The van der Waals surface area contributed by atoms with E-state index in [0.29, 0.717) is 56.3 Å². The van der Waals surface area contributed by atoms with Gasteiger partial charge in [0, 0.05) is 38.1 Å². The molecule has 2 aromatic rings. The van der Waals surface area contributed by atoms with E-state index in [4.69, 9.17) is 24.7 Å². The molecule has 0 aromatic heterocycles. The molecular formula is C30H41N3O7. The number of amides is 1. The number of rotatable bonds is 14. The minimum Gasteiger partial charge on any atom is -0.496 e. The molecule has 218 valence electrons. The number of likely N-dealkylation sites (tertiary alicyclic amines) is 1. The van der Waals surface area contributed by atoms with Crippen LogP contribution in [0.2, 0.25) is 0 Å². The fourth-order valence-electron chi connectivity index (χ4n) is 5.91. The van der Waals surface area contributed by atoms with Crippen LogP contribution in [0.4, 0.5) is 0 Å². The lowest BCUT2D eigenvalue weighted by Crippen LogP contribution is -2.45. The zero-order valence-corrected chi connectivity index (χ0v) is 23.6. The van der Waals surface area contributed by atoms with Crippen molar-refractivity contribution in [3.05, 3.63) is 47.5 Å². The van der Waals surface area contributed by atoms with Crippen LogP contribution < -0.4 is 24.7 Å². The number of carbonyl (C=O) groups excluding carboxylic acids is 1. The Kier molecular flexibility index (Phi) is 10.1. The number of carboxylic acid groups (broad SMARTS) is 1. The van der Waals surface area contributed by atoms with Crippen molar-refractivity contribution in [3.8, 4) is 23.0 Å². The summed E-state index contributed by atoms with van der Waals surface area (Å²) >= 11 is 0. The molecule has 2 aromatic carbocycles. The van der Waals surface area contributed by atoms with Crippen molar-refractivity contribution in [2.75, 3.05) is 53.7 Å². The van der Waals surface area contributed by atoms with E-state index in [9.17, 15) is 14.7 Å². The van der Waals surface area contributed by atoms with E-state index in [-0.39, 0.29) is 31.2 Å². The number of unbranched alkanes of at least 4 members (excludes halogenated alkanes) is 1. The van der Waals surface area contributed by atoms with E-state index in [1.54, 1.807) is 19.1 Å². The van der Waals surface area contributed by atoms with E-state index < -0.39 is 11.9 Å². The molecular weight excluding hydrogens is 514 g/mol. The van der Waals surface area contributed by atoms with Crippen LogP contribution in [0.1, 0.15) is 43.2 Å². The second-order valence-electron chi connectivity index (χ2n) is 10.3. The number of aliphatic carboxylic acids is 1. The molecule has 0 radical (unpaired) electrons. The first-order chi connectivity index (χ1) is 19.4. The largest absolute Gasteiger partial charge is 0.496 e. The zero-order valence-electron chi connectivity index (χ0n) is 23.6. The maximum Gasteiger partial charge on any atom is 0.308 e. The number of carboxylic acids is 1. The van der Waals surface area contributed by atoms with Crippen molar-refractivity contribution in [2.24, 2.45) is 11.7 Å². The Hall–Kier alpha value is -3.50. The highest BCUT2D eigenvalue weighted by atomic mass is 16.7. The quantitative estimate of drug-likeness (QED) is 0.362. The first-order valence-corrected chi connectivity index (χ1v) is 14.0. The molecule has 1 saturated heterocycles. The average Bonchev–Trinajstić information content (AvgIpc) is 3.58. The van der Waals surface area contributed by atoms with E-state index >= 15 is 0 Å². The number of nitrogens with zero attached hydrogens (tertiary/aromatic N) is 2. The molecule has 10 heteroatoms. The lowest BCUT2D eigenvalue weighted by Gasteiger charge is -2.29. The van der Waals surface area contributed by atoms with Crippen LogP contribution in [-0.2, 0) is 16.0 Å². The second-order valence-corrected chi connectivity index (χ2v) is 10.3. The molecule has 0 unspecified atom stereocenters. The van der Waals surface area contributed by atoms with Gasteiger partial charge in [0.25, 0.3) is 0 Å². The summed E-state index contributed by atoms with van der Waals surface area (Å²) in [6.07, 6.45) is 3.02. The van der Waals surface area contributed by atoms with Gasteiger partial charge in [-0.2, -0.15) is 0 Å². The number of nitrogens with two attached hydrogens (primary N) is 1. The molecule has 10 nitrogen and oxygen atoms in total. The van der Waals surface area contributed by atoms with E-state index in [0.717, 1.165) is 29.7 Å². The monoisotopic (exact) mass is 555 g/mol. The molecule has 40 heavy (non-hydrogen) atoms. The summed E-state index contributed by atoms with van der Waals surface area (Å²) in [5, 5.41) is 10.5. The zero-order chi connectivity index (χ0) is 28.6.